The number of nitrogens with one attached hydrogen (secondary N) is 1. The van der Waals surface area contributed by atoms with Crippen LogP contribution in [0.1, 0.15) is 25.7 Å². The molecule has 0 radical (unpaired) electrons. The molecule has 1 aliphatic carbocycles. The van der Waals surface area contributed by atoms with E-state index in [2.05, 4.69) is 10.2 Å². The average molecular weight is 218 g/mol. The predicted octanol–water partition coefficient (Wildman–Crippen LogP) is 1.72. The Labute approximate surface area is 90.0 Å². The zero-order valence-electron chi connectivity index (χ0n) is 9.36. The Morgan fingerprint density at radius 3 is 2.20 bits per heavy atom. The average Bonchev–Trinajstić information content (AvgIpc) is 2.90. The molecular weight excluding hydrogens is 198 g/mol. The van der Waals surface area contributed by atoms with E-state index in [0.29, 0.717) is 18.5 Å². The Hall–Kier alpha value is -0.220. The number of alkyl halides is 2. The van der Waals surface area contributed by atoms with Gasteiger partial charge in [0.25, 0.3) is 5.92 Å². The van der Waals surface area contributed by atoms with Gasteiger partial charge in [-0.1, -0.05) is 0 Å². The standard InChI is InChI=1S/C11H20F2N2/c1-14-8-10(2-3-10)9-15-6-4-11(12,13)5-7-15/h14H,2-9H2,1H3. The second-order valence-electron chi connectivity index (χ2n) is 5.16. The van der Waals surface area contributed by atoms with Crippen LogP contribution in [-0.4, -0.2) is 44.0 Å². The Balaban J connectivity index is 1.77. The van der Waals surface area contributed by atoms with E-state index in [-0.39, 0.29) is 12.8 Å². The van der Waals surface area contributed by atoms with Crippen molar-refractivity contribution < 1.29 is 8.78 Å². The predicted molar refractivity (Wildman–Crippen MR) is 56.2 cm³/mol. The zero-order chi connectivity index (χ0) is 10.9. The van der Waals surface area contributed by atoms with Gasteiger partial charge in [0.1, 0.15) is 0 Å². The molecule has 0 aromatic rings. The van der Waals surface area contributed by atoms with Gasteiger partial charge in [0.2, 0.25) is 0 Å². The summed E-state index contributed by atoms with van der Waals surface area (Å²) < 4.78 is 25.9. The highest BCUT2D eigenvalue weighted by molar-refractivity contribution is 4.97. The first kappa shape index (κ1) is 11.3. The van der Waals surface area contributed by atoms with Crippen LogP contribution in [0.3, 0.4) is 0 Å². The third kappa shape index (κ3) is 2.88. The highest BCUT2D eigenvalue weighted by Crippen LogP contribution is 2.46. The van der Waals surface area contributed by atoms with E-state index in [9.17, 15) is 8.78 Å². The summed E-state index contributed by atoms with van der Waals surface area (Å²) in [5.74, 6) is -2.41. The molecule has 2 rings (SSSR count). The summed E-state index contributed by atoms with van der Waals surface area (Å²) in [7, 11) is 1.96. The molecule has 0 amide bonds. The van der Waals surface area contributed by atoms with Crippen molar-refractivity contribution in [3.8, 4) is 0 Å². The lowest BCUT2D eigenvalue weighted by atomic mass is 10.0. The zero-order valence-corrected chi connectivity index (χ0v) is 9.36. The summed E-state index contributed by atoms with van der Waals surface area (Å²) in [6, 6.07) is 0. The molecule has 0 spiro atoms. The van der Waals surface area contributed by atoms with Crippen LogP contribution in [0.15, 0.2) is 0 Å². The van der Waals surface area contributed by atoms with Crippen molar-refractivity contribution in [2.24, 2.45) is 5.41 Å². The Morgan fingerprint density at radius 1 is 1.13 bits per heavy atom. The van der Waals surface area contributed by atoms with Gasteiger partial charge < -0.3 is 10.2 Å². The van der Waals surface area contributed by atoms with Crippen LogP contribution in [0.2, 0.25) is 0 Å². The van der Waals surface area contributed by atoms with Crippen molar-refractivity contribution in [1.82, 2.24) is 10.2 Å². The summed E-state index contributed by atoms with van der Waals surface area (Å²) in [5.41, 5.74) is 0.404. The second kappa shape index (κ2) is 3.98. The summed E-state index contributed by atoms with van der Waals surface area (Å²) in [5, 5.41) is 3.20. The molecule has 0 bridgehead atoms. The normalized spacial score (nSPS) is 29.0. The van der Waals surface area contributed by atoms with Crippen LogP contribution in [0.25, 0.3) is 0 Å². The molecule has 2 aliphatic rings. The maximum absolute atomic E-state index is 12.9. The molecule has 1 saturated heterocycles. The monoisotopic (exact) mass is 218 g/mol. The van der Waals surface area contributed by atoms with Crippen LogP contribution in [0.5, 0.6) is 0 Å². The fourth-order valence-electron chi connectivity index (χ4n) is 2.46. The Bertz CT molecular complexity index is 217. The number of likely N-dealkylation sites (tertiary alicyclic amines) is 1. The number of rotatable bonds is 4. The molecule has 88 valence electrons. The smallest absolute Gasteiger partial charge is 0.250 e. The minimum atomic E-state index is -2.41. The number of piperidine rings is 1. The first-order chi connectivity index (χ1) is 7.05. The molecule has 0 aromatic heterocycles. The summed E-state index contributed by atoms with van der Waals surface area (Å²) in [6.07, 6.45) is 2.59. The highest BCUT2D eigenvalue weighted by Gasteiger charge is 2.44. The number of hydrogen-bond acceptors (Lipinski definition) is 2. The molecule has 1 N–H and O–H groups in total. The third-order valence-electron chi connectivity index (χ3n) is 3.66. The van der Waals surface area contributed by atoms with Gasteiger partial charge >= 0.3 is 0 Å². The van der Waals surface area contributed by atoms with Crippen molar-refractivity contribution in [2.75, 3.05) is 33.2 Å². The van der Waals surface area contributed by atoms with Crippen molar-refractivity contribution in [1.29, 1.82) is 0 Å². The lowest BCUT2D eigenvalue weighted by molar-refractivity contribution is -0.0580. The van der Waals surface area contributed by atoms with Crippen LogP contribution < -0.4 is 5.32 Å². The topological polar surface area (TPSA) is 15.3 Å². The van der Waals surface area contributed by atoms with Crippen LogP contribution in [-0.2, 0) is 0 Å². The van der Waals surface area contributed by atoms with E-state index < -0.39 is 5.92 Å². The Kier molecular flexibility index (Phi) is 2.99. The third-order valence-corrected chi connectivity index (χ3v) is 3.66. The van der Waals surface area contributed by atoms with Gasteiger partial charge in [0.15, 0.2) is 0 Å². The summed E-state index contributed by atoms with van der Waals surface area (Å²) >= 11 is 0. The number of nitrogens with zero attached hydrogens (tertiary/aromatic N) is 1. The molecular formula is C11H20F2N2. The minimum absolute atomic E-state index is 0.0443. The van der Waals surface area contributed by atoms with Crippen LogP contribution in [0.4, 0.5) is 8.78 Å². The fourth-order valence-corrected chi connectivity index (χ4v) is 2.46. The molecule has 0 atom stereocenters. The highest BCUT2D eigenvalue weighted by atomic mass is 19.3. The molecule has 0 unspecified atom stereocenters. The van der Waals surface area contributed by atoms with Crippen molar-refractivity contribution in [3.63, 3.8) is 0 Å². The lowest BCUT2D eigenvalue weighted by Crippen LogP contribution is -2.43. The van der Waals surface area contributed by atoms with Crippen LogP contribution in [0, 0.1) is 5.41 Å². The maximum atomic E-state index is 12.9. The van der Waals surface area contributed by atoms with Gasteiger partial charge in [-0.3, -0.25) is 0 Å². The van der Waals surface area contributed by atoms with Crippen molar-refractivity contribution >= 4 is 0 Å². The van der Waals surface area contributed by atoms with Gasteiger partial charge in [0, 0.05) is 39.0 Å². The van der Waals surface area contributed by atoms with E-state index in [1.54, 1.807) is 0 Å². The summed E-state index contributed by atoms with van der Waals surface area (Å²) in [6.45, 7) is 3.17. The molecule has 15 heavy (non-hydrogen) atoms. The van der Waals surface area contributed by atoms with Crippen molar-refractivity contribution in [3.05, 3.63) is 0 Å². The van der Waals surface area contributed by atoms with Gasteiger partial charge in [-0.05, 0) is 25.3 Å². The van der Waals surface area contributed by atoms with E-state index in [0.717, 1.165) is 13.1 Å². The molecule has 4 heteroatoms. The van der Waals surface area contributed by atoms with E-state index in [1.807, 2.05) is 7.05 Å². The SMILES string of the molecule is CNCC1(CN2CCC(F)(F)CC2)CC1. The quantitative estimate of drug-likeness (QED) is 0.773. The summed E-state index contributed by atoms with van der Waals surface area (Å²) in [4.78, 5) is 2.21. The van der Waals surface area contributed by atoms with E-state index >= 15 is 0 Å². The van der Waals surface area contributed by atoms with E-state index in [1.165, 1.54) is 12.8 Å². The molecule has 1 heterocycles. The van der Waals surface area contributed by atoms with Gasteiger partial charge in [-0.15, -0.1) is 0 Å². The maximum Gasteiger partial charge on any atom is 0.250 e. The minimum Gasteiger partial charge on any atom is -0.319 e. The van der Waals surface area contributed by atoms with Crippen molar-refractivity contribution in [2.45, 2.75) is 31.6 Å². The first-order valence-corrected chi connectivity index (χ1v) is 5.80. The second-order valence-corrected chi connectivity index (χ2v) is 5.16. The molecule has 2 fully saturated rings. The van der Waals surface area contributed by atoms with Gasteiger partial charge in [0.05, 0.1) is 0 Å². The molecule has 2 nitrogen and oxygen atoms in total. The Morgan fingerprint density at radius 2 is 1.73 bits per heavy atom. The number of halogens is 2. The van der Waals surface area contributed by atoms with Crippen LogP contribution >= 0.6 is 0 Å². The fraction of sp³-hybridized carbons (Fsp3) is 1.00. The van der Waals surface area contributed by atoms with Gasteiger partial charge in [-0.25, -0.2) is 8.78 Å². The molecule has 0 aromatic carbocycles. The largest absolute Gasteiger partial charge is 0.319 e. The molecule has 1 aliphatic heterocycles. The first-order valence-electron chi connectivity index (χ1n) is 5.80. The van der Waals surface area contributed by atoms with E-state index in [4.69, 9.17) is 0 Å². The lowest BCUT2D eigenvalue weighted by Gasteiger charge is -2.34. The van der Waals surface area contributed by atoms with Gasteiger partial charge in [-0.2, -0.15) is 0 Å². The number of hydrogen-bond donors (Lipinski definition) is 1. The molecule has 1 saturated carbocycles.